The highest BCUT2D eigenvalue weighted by molar-refractivity contribution is 5.88. The quantitative estimate of drug-likeness (QED) is 0.697. The van der Waals surface area contributed by atoms with E-state index in [-0.39, 0.29) is 17.1 Å². The first-order chi connectivity index (χ1) is 5.65. The predicted molar refractivity (Wildman–Crippen MR) is 41.6 cm³/mol. The zero-order chi connectivity index (χ0) is 9.14. The normalized spacial score (nSPS) is 9.42. The van der Waals surface area contributed by atoms with Crippen LogP contribution in [0.3, 0.4) is 0 Å². The number of carboxylic acid groups (broad SMARTS) is 1. The summed E-state index contributed by atoms with van der Waals surface area (Å²) in [6.45, 7) is 0. The number of hydrogen-bond donors (Lipinski definition) is 2. The molecule has 64 valence electrons. The Kier molecular flexibility index (Phi) is 2.19. The topological polar surface area (TPSA) is 66.8 Å². The Balaban J connectivity index is 3.13. The number of hydrogen-bond acceptors (Lipinski definition) is 3. The number of aromatic carboxylic acids is 1. The summed E-state index contributed by atoms with van der Waals surface area (Å²) in [5, 5.41) is 17.7. The summed E-state index contributed by atoms with van der Waals surface area (Å²) in [7, 11) is 1.36. The van der Waals surface area contributed by atoms with Gasteiger partial charge in [0.2, 0.25) is 0 Å². The second-order valence-electron chi connectivity index (χ2n) is 2.19. The maximum absolute atomic E-state index is 10.4. The third kappa shape index (κ3) is 1.47. The molecule has 12 heavy (non-hydrogen) atoms. The molecule has 0 saturated heterocycles. The molecule has 0 bridgehead atoms. The highest BCUT2D eigenvalue weighted by atomic mass is 16.6. The first kappa shape index (κ1) is 8.39. The van der Waals surface area contributed by atoms with Crippen LogP contribution in [0.2, 0.25) is 0 Å². The average molecular weight is 170 g/mol. The highest BCUT2D eigenvalue weighted by Crippen LogP contribution is 2.25. The van der Waals surface area contributed by atoms with Crippen molar-refractivity contribution in [3.8, 4) is 11.5 Å². The predicted octanol–water partition coefficient (Wildman–Crippen LogP) is 1.10. The fraction of sp³-hybridized carbons (Fsp3) is 0.125. The molecule has 0 heterocycles. The van der Waals surface area contributed by atoms with Crippen molar-refractivity contribution in [3.05, 3.63) is 23.8 Å². The number of methoxy groups -OCH3 is 1. The molecule has 0 aliphatic carbocycles. The van der Waals surface area contributed by atoms with Gasteiger partial charge in [0, 0.05) is 0 Å². The minimum Gasteiger partial charge on any atom is -0.504 e. The molecule has 0 unspecified atom stereocenters. The zero-order valence-electron chi connectivity index (χ0n) is 6.44. The number of aromatic hydroxyl groups is 1. The van der Waals surface area contributed by atoms with E-state index < -0.39 is 5.97 Å². The fourth-order valence-electron chi connectivity index (χ4n) is 0.811. The lowest BCUT2D eigenvalue weighted by Gasteiger charge is -2.02. The number of carbonyl (C=O) groups is 1. The fourth-order valence-corrected chi connectivity index (χ4v) is 0.811. The minimum absolute atomic E-state index is 0.0671. The van der Waals surface area contributed by atoms with Gasteiger partial charge in [-0.25, -0.2) is 4.79 Å². The summed E-state index contributed by atoms with van der Waals surface area (Å²) < 4.78 is 4.72. The average Bonchev–Trinajstić information content (AvgIpc) is 2.05. The van der Waals surface area contributed by atoms with Crippen LogP contribution < -0.4 is 4.74 Å². The largest absolute Gasteiger partial charge is 0.504 e. The van der Waals surface area contributed by atoms with Crippen LogP contribution >= 0.6 is 0 Å². The van der Waals surface area contributed by atoms with Crippen LogP contribution in [0.25, 0.3) is 0 Å². The van der Waals surface area contributed by atoms with E-state index in [1.807, 2.05) is 0 Å². The third-order valence-corrected chi connectivity index (χ3v) is 1.43. The summed E-state index contributed by atoms with van der Waals surface area (Å²) in [6.07, 6.45) is 0. The molecule has 1 rings (SSSR count). The van der Waals surface area contributed by atoms with Crippen molar-refractivity contribution in [1.29, 1.82) is 0 Å². The smallest absolute Gasteiger partial charge is 0.335 e. The van der Waals surface area contributed by atoms with Crippen molar-refractivity contribution in [2.24, 2.45) is 0 Å². The molecular formula is C8H8O4. The van der Waals surface area contributed by atoms with E-state index in [0.717, 1.165) is 0 Å². The van der Waals surface area contributed by atoms with Gasteiger partial charge in [-0.15, -0.1) is 0 Å². The Morgan fingerprint density at radius 2 is 2.17 bits per heavy atom. The number of phenolic OH excluding ortho intramolecular Hbond substituents is 1. The van der Waals surface area contributed by atoms with Gasteiger partial charge in [0.15, 0.2) is 11.5 Å². The van der Waals surface area contributed by atoms with E-state index >= 15 is 0 Å². The molecule has 0 aromatic heterocycles. The number of ether oxygens (including phenoxy) is 1. The van der Waals surface area contributed by atoms with Crippen molar-refractivity contribution in [1.82, 2.24) is 0 Å². The van der Waals surface area contributed by atoms with Crippen LogP contribution in [-0.2, 0) is 0 Å². The second-order valence-corrected chi connectivity index (χ2v) is 2.19. The Morgan fingerprint density at radius 3 is 2.67 bits per heavy atom. The Hall–Kier alpha value is -1.71. The van der Waals surface area contributed by atoms with Crippen LogP contribution in [-0.4, -0.2) is 23.3 Å². The SMILES string of the molecule is [14CH3]Oc1cc(C(=O)O)ccc1O. The lowest BCUT2D eigenvalue weighted by Crippen LogP contribution is -1.96. The van der Waals surface area contributed by atoms with Gasteiger partial charge >= 0.3 is 5.97 Å². The number of benzene rings is 1. The molecule has 0 saturated carbocycles. The Bertz CT molecular complexity index is 306. The van der Waals surface area contributed by atoms with Gasteiger partial charge in [0.1, 0.15) is 0 Å². The van der Waals surface area contributed by atoms with E-state index in [2.05, 4.69) is 0 Å². The zero-order valence-corrected chi connectivity index (χ0v) is 6.44. The minimum atomic E-state index is -1.05. The molecule has 0 spiro atoms. The molecule has 0 aliphatic heterocycles. The Morgan fingerprint density at radius 1 is 1.50 bits per heavy atom. The summed E-state index contributed by atoms with van der Waals surface area (Å²) in [5.41, 5.74) is 0.0876. The maximum atomic E-state index is 10.4. The van der Waals surface area contributed by atoms with Crippen LogP contribution in [0.4, 0.5) is 0 Å². The van der Waals surface area contributed by atoms with E-state index in [1.165, 1.54) is 25.3 Å². The van der Waals surface area contributed by atoms with Crippen LogP contribution in [0.5, 0.6) is 11.5 Å². The van der Waals surface area contributed by atoms with Crippen LogP contribution in [0.1, 0.15) is 10.4 Å². The van der Waals surface area contributed by atoms with Gasteiger partial charge < -0.3 is 14.9 Å². The van der Waals surface area contributed by atoms with Gasteiger partial charge in [0.05, 0.1) is 12.7 Å². The van der Waals surface area contributed by atoms with E-state index in [0.29, 0.717) is 0 Å². The third-order valence-electron chi connectivity index (χ3n) is 1.43. The standard InChI is InChI=1S/C8H8O4/c1-12-7-4-5(8(10)11)2-3-6(7)9/h2-4,9H,1H3,(H,10,11)/i1+2. The molecule has 0 atom stereocenters. The maximum Gasteiger partial charge on any atom is 0.335 e. The van der Waals surface area contributed by atoms with Crippen molar-refractivity contribution in [3.63, 3.8) is 0 Å². The van der Waals surface area contributed by atoms with E-state index in [9.17, 15) is 4.79 Å². The molecule has 4 heteroatoms. The molecule has 0 fully saturated rings. The van der Waals surface area contributed by atoms with Crippen molar-refractivity contribution in [2.45, 2.75) is 0 Å². The van der Waals surface area contributed by atoms with Crippen molar-refractivity contribution < 1.29 is 19.7 Å². The van der Waals surface area contributed by atoms with Gasteiger partial charge in [-0.05, 0) is 18.2 Å². The number of carboxylic acids is 1. The summed E-state index contributed by atoms with van der Waals surface area (Å²) in [4.78, 5) is 10.4. The lowest BCUT2D eigenvalue weighted by atomic mass is 10.2. The first-order valence-corrected chi connectivity index (χ1v) is 3.25. The molecule has 0 amide bonds. The lowest BCUT2D eigenvalue weighted by molar-refractivity contribution is 0.0696. The van der Waals surface area contributed by atoms with Gasteiger partial charge in [0.25, 0.3) is 0 Å². The molecular weight excluding hydrogens is 162 g/mol. The monoisotopic (exact) mass is 170 g/mol. The second kappa shape index (κ2) is 3.13. The van der Waals surface area contributed by atoms with Gasteiger partial charge in [-0.3, -0.25) is 0 Å². The van der Waals surface area contributed by atoms with E-state index in [4.69, 9.17) is 14.9 Å². The highest BCUT2D eigenvalue weighted by Gasteiger charge is 2.06. The van der Waals surface area contributed by atoms with Crippen molar-refractivity contribution >= 4 is 5.97 Å². The molecule has 4 nitrogen and oxygen atoms in total. The number of phenols is 1. The van der Waals surface area contributed by atoms with Gasteiger partial charge in [-0.2, -0.15) is 0 Å². The molecule has 0 aliphatic rings. The Labute approximate surface area is 69.0 Å². The van der Waals surface area contributed by atoms with E-state index in [1.54, 1.807) is 0 Å². The first-order valence-electron chi connectivity index (χ1n) is 3.25. The summed E-state index contributed by atoms with van der Waals surface area (Å²) in [5.74, 6) is -0.953. The molecule has 2 N–H and O–H groups in total. The molecule has 1 aromatic carbocycles. The molecule has 1 aromatic rings. The summed E-state index contributed by atoms with van der Waals surface area (Å²) >= 11 is 0. The van der Waals surface area contributed by atoms with Gasteiger partial charge in [-0.1, -0.05) is 0 Å². The summed E-state index contributed by atoms with van der Waals surface area (Å²) in [6, 6.07) is 3.85. The molecule has 0 radical (unpaired) electrons. The number of rotatable bonds is 2. The van der Waals surface area contributed by atoms with Crippen LogP contribution in [0.15, 0.2) is 18.2 Å². The van der Waals surface area contributed by atoms with Crippen LogP contribution in [0, 0.1) is 0 Å². The van der Waals surface area contributed by atoms with Crippen molar-refractivity contribution in [2.75, 3.05) is 7.11 Å².